The van der Waals surface area contributed by atoms with Gasteiger partial charge in [0, 0.05) is 32.1 Å². The maximum atomic E-state index is 12.3. The highest BCUT2D eigenvalue weighted by molar-refractivity contribution is 5.76. The van der Waals surface area contributed by atoms with Gasteiger partial charge in [0.2, 0.25) is 5.91 Å². The first-order chi connectivity index (χ1) is 9.79. The molecule has 1 heterocycles. The fourth-order valence-corrected chi connectivity index (χ4v) is 2.46. The molecular formula is C16H24N2O2. The summed E-state index contributed by atoms with van der Waals surface area (Å²) in [6.45, 7) is 5.81. The molecule has 1 aromatic rings. The molecule has 4 heteroatoms. The van der Waals surface area contributed by atoms with Crippen LogP contribution in [0.3, 0.4) is 0 Å². The minimum absolute atomic E-state index is 0.169. The predicted octanol–water partition coefficient (Wildman–Crippen LogP) is 1.46. The van der Waals surface area contributed by atoms with Crippen LogP contribution in [0.5, 0.6) is 0 Å². The number of hydrogen-bond acceptors (Lipinski definition) is 3. The number of carbonyl (C=O) groups is 1. The number of carbonyl (C=O) groups excluding carboxylic acids is 1. The third-order valence-corrected chi connectivity index (χ3v) is 3.67. The summed E-state index contributed by atoms with van der Waals surface area (Å²) < 4.78 is 5.39. The normalized spacial score (nSPS) is 18.8. The van der Waals surface area contributed by atoms with Crippen LogP contribution in [0.15, 0.2) is 30.3 Å². The summed E-state index contributed by atoms with van der Waals surface area (Å²) in [5, 5.41) is 3.33. The van der Waals surface area contributed by atoms with Gasteiger partial charge in [-0.3, -0.25) is 4.79 Å². The van der Waals surface area contributed by atoms with Crippen LogP contribution >= 0.6 is 0 Å². The summed E-state index contributed by atoms with van der Waals surface area (Å²) in [5.74, 6) is 0.214. The van der Waals surface area contributed by atoms with Crippen LogP contribution in [-0.4, -0.2) is 49.7 Å². The molecule has 0 spiro atoms. The number of rotatable bonds is 6. The molecule has 4 nitrogen and oxygen atoms in total. The number of benzene rings is 1. The van der Waals surface area contributed by atoms with Crippen LogP contribution in [0.25, 0.3) is 0 Å². The fraction of sp³-hybridized carbons (Fsp3) is 0.562. The van der Waals surface area contributed by atoms with Gasteiger partial charge in [-0.15, -0.1) is 0 Å². The van der Waals surface area contributed by atoms with Gasteiger partial charge in [-0.05, 0) is 18.9 Å². The van der Waals surface area contributed by atoms with Crippen LogP contribution < -0.4 is 5.32 Å². The Bertz CT molecular complexity index is 402. The zero-order chi connectivity index (χ0) is 14.2. The SMILES string of the molecule is CCN(CCc1ccccc1)C(=O)CC1COCCN1. The van der Waals surface area contributed by atoms with E-state index in [0.29, 0.717) is 13.0 Å². The second-order valence-electron chi connectivity index (χ2n) is 5.14. The molecule has 1 amide bonds. The highest BCUT2D eigenvalue weighted by atomic mass is 16.5. The van der Waals surface area contributed by atoms with Crippen molar-refractivity contribution in [1.82, 2.24) is 10.2 Å². The zero-order valence-electron chi connectivity index (χ0n) is 12.2. The minimum atomic E-state index is 0.169. The number of amides is 1. The lowest BCUT2D eigenvalue weighted by Crippen LogP contribution is -2.45. The Hall–Kier alpha value is -1.39. The van der Waals surface area contributed by atoms with Crippen molar-refractivity contribution >= 4 is 5.91 Å². The molecule has 1 fully saturated rings. The van der Waals surface area contributed by atoms with E-state index in [-0.39, 0.29) is 11.9 Å². The number of nitrogens with zero attached hydrogens (tertiary/aromatic N) is 1. The van der Waals surface area contributed by atoms with Crippen molar-refractivity contribution in [3.05, 3.63) is 35.9 Å². The van der Waals surface area contributed by atoms with Gasteiger partial charge in [0.25, 0.3) is 0 Å². The summed E-state index contributed by atoms with van der Waals surface area (Å²) >= 11 is 0. The Balaban J connectivity index is 1.79. The minimum Gasteiger partial charge on any atom is -0.378 e. The molecule has 1 aliphatic heterocycles. The average Bonchev–Trinajstić information content (AvgIpc) is 2.50. The molecule has 110 valence electrons. The van der Waals surface area contributed by atoms with E-state index < -0.39 is 0 Å². The molecule has 1 saturated heterocycles. The van der Waals surface area contributed by atoms with Gasteiger partial charge in [0.15, 0.2) is 0 Å². The van der Waals surface area contributed by atoms with E-state index in [2.05, 4.69) is 17.4 Å². The standard InChI is InChI=1S/C16H24N2O2/c1-2-18(10-8-14-6-4-3-5-7-14)16(19)12-15-13-20-11-9-17-15/h3-7,15,17H,2,8-13H2,1H3. The highest BCUT2D eigenvalue weighted by Crippen LogP contribution is 2.06. The third kappa shape index (κ3) is 4.62. The molecule has 1 atom stereocenters. The summed E-state index contributed by atoms with van der Waals surface area (Å²) in [7, 11) is 0. The second-order valence-corrected chi connectivity index (χ2v) is 5.14. The Kier molecular flexibility index (Phi) is 6.02. The lowest BCUT2D eigenvalue weighted by atomic mass is 10.1. The van der Waals surface area contributed by atoms with Crippen LogP contribution in [0.1, 0.15) is 18.9 Å². The van der Waals surface area contributed by atoms with Crippen molar-refractivity contribution in [2.45, 2.75) is 25.8 Å². The quantitative estimate of drug-likeness (QED) is 0.855. The molecule has 2 rings (SSSR count). The number of morpholine rings is 1. The molecule has 0 aliphatic carbocycles. The van der Waals surface area contributed by atoms with Gasteiger partial charge in [0.05, 0.1) is 13.2 Å². The first kappa shape index (κ1) is 15.0. The fourth-order valence-electron chi connectivity index (χ4n) is 2.46. The molecule has 0 saturated carbocycles. The van der Waals surface area contributed by atoms with Crippen molar-refractivity contribution < 1.29 is 9.53 Å². The van der Waals surface area contributed by atoms with Crippen LogP contribution in [0, 0.1) is 0 Å². The van der Waals surface area contributed by atoms with E-state index in [1.54, 1.807) is 0 Å². The lowest BCUT2D eigenvalue weighted by molar-refractivity contribution is -0.132. The zero-order valence-corrected chi connectivity index (χ0v) is 12.2. The van der Waals surface area contributed by atoms with Gasteiger partial charge in [0.1, 0.15) is 0 Å². The van der Waals surface area contributed by atoms with Gasteiger partial charge in [-0.2, -0.15) is 0 Å². The van der Waals surface area contributed by atoms with Crippen molar-refractivity contribution in [2.75, 3.05) is 32.8 Å². The molecule has 0 bridgehead atoms. The maximum absolute atomic E-state index is 12.3. The molecule has 1 unspecified atom stereocenters. The average molecular weight is 276 g/mol. The van der Waals surface area contributed by atoms with Crippen LogP contribution in [0.4, 0.5) is 0 Å². The molecular weight excluding hydrogens is 252 g/mol. The number of ether oxygens (including phenoxy) is 1. The highest BCUT2D eigenvalue weighted by Gasteiger charge is 2.20. The molecule has 1 aromatic carbocycles. The van der Waals surface area contributed by atoms with E-state index in [9.17, 15) is 4.79 Å². The smallest absolute Gasteiger partial charge is 0.224 e. The maximum Gasteiger partial charge on any atom is 0.224 e. The van der Waals surface area contributed by atoms with Crippen molar-refractivity contribution in [2.24, 2.45) is 0 Å². The van der Waals surface area contributed by atoms with Crippen LogP contribution in [-0.2, 0) is 16.0 Å². The molecule has 1 aliphatic rings. The van der Waals surface area contributed by atoms with E-state index >= 15 is 0 Å². The van der Waals surface area contributed by atoms with Gasteiger partial charge >= 0.3 is 0 Å². The number of hydrogen-bond donors (Lipinski definition) is 1. The van der Waals surface area contributed by atoms with E-state index in [1.165, 1.54) is 5.56 Å². The lowest BCUT2D eigenvalue weighted by Gasteiger charge is -2.27. The van der Waals surface area contributed by atoms with Gasteiger partial charge in [-0.1, -0.05) is 30.3 Å². The summed E-state index contributed by atoms with van der Waals surface area (Å²) in [6.07, 6.45) is 1.44. The van der Waals surface area contributed by atoms with Crippen molar-refractivity contribution in [3.63, 3.8) is 0 Å². The van der Waals surface area contributed by atoms with Gasteiger partial charge in [-0.25, -0.2) is 0 Å². The first-order valence-corrected chi connectivity index (χ1v) is 7.42. The number of nitrogens with one attached hydrogen (secondary N) is 1. The Morgan fingerprint density at radius 1 is 1.40 bits per heavy atom. The van der Waals surface area contributed by atoms with Gasteiger partial charge < -0.3 is 15.0 Å². The van der Waals surface area contributed by atoms with E-state index in [1.807, 2.05) is 30.0 Å². The molecule has 1 N–H and O–H groups in total. The summed E-state index contributed by atoms with van der Waals surface area (Å²) in [5.41, 5.74) is 1.28. The Morgan fingerprint density at radius 3 is 2.85 bits per heavy atom. The Morgan fingerprint density at radius 2 is 2.20 bits per heavy atom. The van der Waals surface area contributed by atoms with E-state index in [0.717, 1.165) is 32.7 Å². The topological polar surface area (TPSA) is 41.6 Å². The van der Waals surface area contributed by atoms with Crippen molar-refractivity contribution in [1.29, 1.82) is 0 Å². The monoisotopic (exact) mass is 276 g/mol. The van der Waals surface area contributed by atoms with Crippen molar-refractivity contribution in [3.8, 4) is 0 Å². The summed E-state index contributed by atoms with van der Waals surface area (Å²) in [4.78, 5) is 14.2. The van der Waals surface area contributed by atoms with Crippen LogP contribution in [0.2, 0.25) is 0 Å². The molecule has 0 aromatic heterocycles. The van der Waals surface area contributed by atoms with E-state index in [4.69, 9.17) is 4.74 Å². The predicted molar refractivity (Wildman–Crippen MR) is 79.6 cm³/mol. The molecule has 20 heavy (non-hydrogen) atoms. The first-order valence-electron chi connectivity index (χ1n) is 7.42. The second kappa shape index (κ2) is 8.02. The number of likely N-dealkylation sites (N-methyl/N-ethyl adjacent to an activating group) is 1. The Labute approximate surface area is 121 Å². The largest absolute Gasteiger partial charge is 0.378 e. The molecule has 0 radical (unpaired) electrons. The summed E-state index contributed by atoms with van der Waals surface area (Å²) in [6, 6.07) is 10.5. The third-order valence-electron chi connectivity index (χ3n) is 3.67.